The fourth-order valence-electron chi connectivity index (χ4n) is 2.90. The summed E-state index contributed by atoms with van der Waals surface area (Å²) in [5.74, 6) is -0.318. The molecule has 11 heteroatoms. The van der Waals surface area contributed by atoms with Gasteiger partial charge in [0, 0.05) is 38.3 Å². The maximum absolute atomic E-state index is 12.6. The first-order valence-electron chi connectivity index (χ1n) is 8.19. The minimum absolute atomic E-state index is 0. The summed E-state index contributed by atoms with van der Waals surface area (Å²) in [5, 5.41) is 10.8. The highest BCUT2D eigenvalue weighted by molar-refractivity contribution is 7.89. The van der Waals surface area contributed by atoms with Crippen LogP contribution in [-0.2, 0) is 14.8 Å². The van der Waals surface area contributed by atoms with Gasteiger partial charge in [-0.1, -0.05) is 19.9 Å². The van der Waals surface area contributed by atoms with Gasteiger partial charge in [0.05, 0.1) is 16.4 Å². The molecule has 152 valence electrons. The number of carbonyl (C=O) groups is 1. The summed E-state index contributed by atoms with van der Waals surface area (Å²) in [6.45, 7) is 4.55. The van der Waals surface area contributed by atoms with Crippen LogP contribution in [0.15, 0.2) is 29.2 Å². The number of likely N-dealkylation sites (tertiary alicyclic amines) is 1. The van der Waals surface area contributed by atoms with Gasteiger partial charge in [-0.15, -0.1) is 12.4 Å². The smallest absolute Gasteiger partial charge is 0.270 e. The Kier molecular flexibility index (Phi) is 7.34. The average molecular weight is 421 g/mol. The number of likely N-dealkylation sites (N-methyl/N-ethyl adjacent to an activating group) is 1. The third-order valence-electron chi connectivity index (χ3n) is 4.76. The molecule has 0 aromatic heterocycles. The van der Waals surface area contributed by atoms with Crippen molar-refractivity contribution in [1.29, 1.82) is 0 Å². The van der Waals surface area contributed by atoms with Crippen molar-refractivity contribution in [3.63, 3.8) is 0 Å². The van der Waals surface area contributed by atoms with E-state index in [0.29, 0.717) is 19.5 Å². The quantitative estimate of drug-likeness (QED) is 0.563. The lowest BCUT2D eigenvalue weighted by Gasteiger charge is -2.42. The van der Waals surface area contributed by atoms with E-state index in [9.17, 15) is 23.3 Å². The Bertz CT molecular complexity index is 815. The van der Waals surface area contributed by atoms with Crippen molar-refractivity contribution in [1.82, 2.24) is 9.21 Å². The molecule has 1 heterocycles. The summed E-state index contributed by atoms with van der Waals surface area (Å²) in [6, 6.07) is 4.75. The molecular formula is C16H25ClN4O5S. The van der Waals surface area contributed by atoms with Crippen LogP contribution in [0.2, 0.25) is 0 Å². The Balaban J connectivity index is 0.00000364. The van der Waals surface area contributed by atoms with Gasteiger partial charge in [0.1, 0.15) is 0 Å². The summed E-state index contributed by atoms with van der Waals surface area (Å²) < 4.78 is 26.1. The monoisotopic (exact) mass is 420 g/mol. The maximum Gasteiger partial charge on any atom is 0.270 e. The van der Waals surface area contributed by atoms with E-state index in [1.165, 1.54) is 25.2 Å². The van der Waals surface area contributed by atoms with E-state index in [0.717, 1.165) is 10.4 Å². The predicted molar refractivity (Wildman–Crippen MR) is 103 cm³/mol. The van der Waals surface area contributed by atoms with Crippen LogP contribution < -0.4 is 5.73 Å². The highest BCUT2D eigenvalue weighted by Gasteiger charge is 2.36. The highest BCUT2D eigenvalue weighted by atomic mass is 35.5. The number of sulfonamides is 1. The minimum Gasteiger partial charge on any atom is -0.341 e. The first kappa shape index (κ1) is 23.3. The van der Waals surface area contributed by atoms with Crippen LogP contribution in [-0.4, -0.2) is 61.2 Å². The molecule has 1 aliphatic rings. The zero-order valence-corrected chi connectivity index (χ0v) is 17.1. The van der Waals surface area contributed by atoms with Crippen LogP contribution in [0.1, 0.15) is 20.3 Å². The number of non-ortho nitro benzene ring substituents is 1. The molecule has 2 N–H and O–H groups in total. The number of nitro benzene ring substituents is 1. The number of piperidine rings is 1. The molecule has 1 unspecified atom stereocenters. The SMILES string of the molecule is CN(CC(=O)N1CCC(N)C(C)(C)C1)S(=O)(=O)c1cccc([N+](=O)[O-])c1.Cl. The van der Waals surface area contributed by atoms with Crippen LogP contribution in [0.4, 0.5) is 5.69 Å². The third-order valence-corrected chi connectivity index (χ3v) is 6.56. The number of nitrogens with zero attached hydrogens (tertiary/aromatic N) is 3. The predicted octanol–water partition coefficient (Wildman–Crippen LogP) is 1.22. The number of nitro groups is 1. The van der Waals surface area contributed by atoms with Crippen LogP contribution in [0, 0.1) is 15.5 Å². The van der Waals surface area contributed by atoms with Gasteiger partial charge in [0.25, 0.3) is 5.69 Å². The molecule has 0 bridgehead atoms. The van der Waals surface area contributed by atoms with E-state index in [-0.39, 0.29) is 46.9 Å². The van der Waals surface area contributed by atoms with Gasteiger partial charge in [-0.3, -0.25) is 14.9 Å². The molecule has 1 aromatic rings. The topological polar surface area (TPSA) is 127 Å². The van der Waals surface area contributed by atoms with Gasteiger partial charge in [-0.05, 0) is 17.9 Å². The lowest BCUT2D eigenvalue weighted by Crippen LogP contribution is -2.55. The van der Waals surface area contributed by atoms with Gasteiger partial charge in [-0.2, -0.15) is 4.31 Å². The van der Waals surface area contributed by atoms with E-state index in [2.05, 4.69) is 0 Å². The molecular weight excluding hydrogens is 396 g/mol. The Hall–Kier alpha value is -1.75. The molecule has 27 heavy (non-hydrogen) atoms. The van der Waals surface area contributed by atoms with Crippen LogP contribution >= 0.6 is 12.4 Å². The van der Waals surface area contributed by atoms with Gasteiger partial charge in [0.2, 0.25) is 15.9 Å². The zero-order valence-electron chi connectivity index (χ0n) is 15.5. The molecule has 1 aliphatic heterocycles. The Morgan fingerprint density at radius 3 is 2.63 bits per heavy atom. The summed E-state index contributed by atoms with van der Waals surface area (Å²) in [5.41, 5.74) is 5.49. The number of benzene rings is 1. The molecule has 1 fully saturated rings. The lowest BCUT2D eigenvalue weighted by molar-refractivity contribution is -0.385. The zero-order chi connectivity index (χ0) is 19.7. The van der Waals surface area contributed by atoms with Crippen LogP contribution in [0.5, 0.6) is 0 Å². The van der Waals surface area contributed by atoms with E-state index in [4.69, 9.17) is 5.73 Å². The molecule has 1 aromatic carbocycles. The second-order valence-corrected chi connectivity index (χ2v) is 9.26. The van der Waals surface area contributed by atoms with Crippen molar-refractivity contribution in [2.75, 3.05) is 26.7 Å². The number of hydrogen-bond donors (Lipinski definition) is 1. The van der Waals surface area contributed by atoms with Crippen molar-refractivity contribution in [2.45, 2.75) is 31.2 Å². The summed E-state index contributed by atoms with van der Waals surface area (Å²) >= 11 is 0. The average Bonchev–Trinajstić information content (AvgIpc) is 2.57. The van der Waals surface area contributed by atoms with Crippen molar-refractivity contribution < 1.29 is 18.1 Å². The van der Waals surface area contributed by atoms with Gasteiger partial charge >= 0.3 is 0 Å². The largest absolute Gasteiger partial charge is 0.341 e. The minimum atomic E-state index is -4.01. The number of carbonyl (C=O) groups excluding carboxylic acids is 1. The summed E-state index contributed by atoms with van der Waals surface area (Å²) in [4.78, 5) is 24.1. The van der Waals surface area contributed by atoms with E-state index >= 15 is 0 Å². The molecule has 0 aliphatic carbocycles. The van der Waals surface area contributed by atoms with E-state index < -0.39 is 14.9 Å². The molecule has 0 saturated carbocycles. The molecule has 1 atom stereocenters. The fraction of sp³-hybridized carbons (Fsp3) is 0.562. The summed E-state index contributed by atoms with van der Waals surface area (Å²) in [6.07, 6.45) is 0.653. The second-order valence-electron chi connectivity index (χ2n) is 7.21. The maximum atomic E-state index is 12.6. The number of rotatable bonds is 5. The van der Waals surface area contributed by atoms with E-state index in [1.807, 2.05) is 13.8 Å². The fourth-order valence-corrected chi connectivity index (χ4v) is 4.06. The second kappa shape index (κ2) is 8.51. The highest BCUT2D eigenvalue weighted by Crippen LogP contribution is 2.28. The van der Waals surface area contributed by atoms with E-state index in [1.54, 1.807) is 4.90 Å². The van der Waals surface area contributed by atoms with Gasteiger partial charge in [0.15, 0.2) is 0 Å². The normalized spacial score (nSPS) is 19.4. The van der Waals surface area contributed by atoms with Crippen molar-refractivity contribution in [3.8, 4) is 0 Å². The van der Waals surface area contributed by atoms with Gasteiger partial charge < -0.3 is 10.6 Å². The first-order valence-corrected chi connectivity index (χ1v) is 9.63. The standard InChI is InChI=1S/C16H24N4O5S.ClH/c1-16(2)11-19(8-7-14(16)17)15(21)10-18(3)26(24,25)13-6-4-5-12(9-13)20(22)23;/h4-6,9,14H,7-8,10-11,17H2,1-3H3;1H. The molecule has 2 rings (SSSR count). The first-order chi connectivity index (χ1) is 11.9. The Morgan fingerprint density at radius 2 is 2.07 bits per heavy atom. The number of nitrogens with two attached hydrogens (primary N) is 1. The number of amides is 1. The summed E-state index contributed by atoms with van der Waals surface area (Å²) in [7, 11) is -2.73. The Labute approximate surface area is 165 Å². The van der Waals surface area contributed by atoms with Crippen molar-refractivity contribution >= 4 is 34.0 Å². The lowest BCUT2D eigenvalue weighted by atomic mass is 9.80. The molecule has 0 radical (unpaired) electrons. The molecule has 0 spiro atoms. The molecule has 1 saturated heterocycles. The van der Waals surface area contributed by atoms with Gasteiger partial charge in [-0.25, -0.2) is 8.42 Å². The Morgan fingerprint density at radius 1 is 1.44 bits per heavy atom. The van der Waals surface area contributed by atoms with Crippen molar-refractivity contribution in [3.05, 3.63) is 34.4 Å². The van der Waals surface area contributed by atoms with Crippen LogP contribution in [0.25, 0.3) is 0 Å². The number of halogens is 1. The number of hydrogen-bond acceptors (Lipinski definition) is 6. The van der Waals surface area contributed by atoms with Crippen LogP contribution in [0.3, 0.4) is 0 Å². The molecule has 1 amide bonds. The third kappa shape index (κ3) is 5.16. The molecule has 9 nitrogen and oxygen atoms in total. The van der Waals surface area contributed by atoms with Crippen molar-refractivity contribution in [2.24, 2.45) is 11.1 Å².